The van der Waals surface area contributed by atoms with Crippen molar-refractivity contribution in [2.75, 3.05) is 18.7 Å². The summed E-state index contributed by atoms with van der Waals surface area (Å²) in [5.74, 6) is 1.53. The van der Waals surface area contributed by atoms with Gasteiger partial charge in [0.15, 0.2) is 17.3 Å². The van der Waals surface area contributed by atoms with Crippen LogP contribution in [0.1, 0.15) is 29.7 Å². The van der Waals surface area contributed by atoms with Gasteiger partial charge in [0.2, 0.25) is 12.7 Å². The zero-order valence-electron chi connectivity index (χ0n) is 20.0. The zero-order chi connectivity index (χ0) is 24.7. The van der Waals surface area contributed by atoms with Gasteiger partial charge in [0, 0.05) is 42.1 Å². The van der Waals surface area contributed by atoms with Gasteiger partial charge in [0.25, 0.3) is 5.56 Å². The van der Waals surface area contributed by atoms with Crippen molar-refractivity contribution in [2.24, 2.45) is 0 Å². The number of anilines is 1. The highest BCUT2D eigenvalue weighted by molar-refractivity contribution is 5.80. The molecule has 2 aliphatic rings. The van der Waals surface area contributed by atoms with Crippen molar-refractivity contribution < 1.29 is 14.3 Å². The van der Waals surface area contributed by atoms with E-state index < -0.39 is 0 Å². The Hall–Kier alpha value is -4.27. The maximum absolute atomic E-state index is 13.2. The van der Waals surface area contributed by atoms with Gasteiger partial charge in [0.1, 0.15) is 6.54 Å². The summed E-state index contributed by atoms with van der Waals surface area (Å²) < 4.78 is 12.4. The Bertz CT molecular complexity index is 1520. The number of aromatic amines is 1. The largest absolute Gasteiger partial charge is 0.454 e. The number of ether oxygens (including phenoxy) is 2. The molecule has 6 rings (SSSR count). The van der Waals surface area contributed by atoms with E-state index >= 15 is 0 Å². The summed E-state index contributed by atoms with van der Waals surface area (Å²) in [5, 5.41) is 7.25. The molecule has 3 N–H and O–H groups in total. The Morgan fingerprint density at radius 2 is 2.00 bits per heavy atom. The van der Waals surface area contributed by atoms with Crippen LogP contribution in [0, 0.1) is 6.92 Å². The van der Waals surface area contributed by atoms with Gasteiger partial charge in [0.05, 0.1) is 0 Å². The van der Waals surface area contributed by atoms with Crippen LogP contribution in [0.25, 0.3) is 10.9 Å². The SMILES string of the molecule is Cc1cnc(NCC2(c3ccc4c(c3)OCO4)CC2)c(=O)n1CC(=O)NCc1ccc2[nH]ccc2c1. The minimum absolute atomic E-state index is 0.0667. The van der Waals surface area contributed by atoms with Crippen LogP contribution in [0.3, 0.4) is 0 Å². The fourth-order valence-electron chi connectivity index (χ4n) is 4.70. The summed E-state index contributed by atoms with van der Waals surface area (Å²) in [5.41, 5.74) is 3.46. The smallest absolute Gasteiger partial charge is 0.293 e. The second-order valence-electron chi connectivity index (χ2n) is 9.52. The van der Waals surface area contributed by atoms with Crippen LogP contribution in [-0.2, 0) is 23.3 Å². The number of aryl methyl sites for hydroxylation is 1. The highest BCUT2D eigenvalue weighted by Gasteiger charge is 2.44. The molecule has 0 bridgehead atoms. The molecule has 2 aromatic carbocycles. The fraction of sp³-hybridized carbons (Fsp3) is 0.296. The third kappa shape index (κ3) is 4.17. The van der Waals surface area contributed by atoms with E-state index in [1.165, 1.54) is 4.57 Å². The predicted molar refractivity (Wildman–Crippen MR) is 135 cm³/mol. The third-order valence-electron chi connectivity index (χ3n) is 7.10. The fourth-order valence-corrected chi connectivity index (χ4v) is 4.70. The number of aromatic nitrogens is 3. The molecule has 0 radical (unpaired) electrons. The van der Waals surface area contributed by atoms with Gasteiger partial charge in [-0.05, 0) is 66.6 Å². The zero-order valence-corrected chi connectivity index (χ0v) is 20.0. The summed E-state index contributed by atoms with van der Waals surface area (Å²) in [4.78, 5) is 33.3. The number of H-pyrrole nitrogens is 1. The lowest BCUT2D eigenvalue weighted by molar-refractivity contribution is -0.121. The molecular weight excluding hydrogens is 458 g/mol. The van der Waals surface area contributed by atoms with E-state index in [9.17, 15) is 9.59 Å². The minimum atomic E-state index is -0.305. The first-order chi connectivity index (χ1) is 17.5. The van der Waals surface area contributed by atoms with Crippen molar-refractivity contribution in [3.8, 4) is 11.5 Å². The maximum atomic E-state index is 13.2. The van der Waals surface area contributed by atoms with Gasteiger partial charge in [-0.1, -0.05) is 12.1 Å². The molecule has 1 fully saturated rings. The molecule has 2 aromatic heterocycles. The topological polar surface area (TPSA) is 110 Å². The number of rotatable bonds is 8. The monoisotopic (exact) mass is 485 g/mol. The van der Waals surface area contributed by atoms with Gasteiger partial charge in [-0.15, -0.1) is 0 Å². The molecule has 0 saturated heterocycles. The first-order valence-corrected chi connectivity index (χ1v) is 12.0. The van der Waals surface area contributed by atoms with Gasteiger partial charge in [-0.3, -0.25) is 14.2 Å². The quantitative estimate of drug-likeness (QED) is 0.354. The van der Waals surface area contributed by atoms with Crippen LogP contribution in [0.4, 0.5) is 5.82 Å². The minimum Gasteiger partial charge on any atom is -0.454 e. The van der Waals surface area contributed by atoms with Crippen LogP contribution in [-0.4, -0.2) is 33.8 Å². The Kier molecular flexibility index (Phi) is 5.40. The van der Waals surface area contributed by atoms with E-state index in [0.29, 0.717) is 18.8 Å². The normalized spacial score (nSPS) is 15.1. The molecule has 4 aromatic rings. The van der Waals surface area contributed by atoms with Crippen molar-refractivity contribution in [2.45, 2.75) is 38.3 Å². The molecular formula is C27H27N5O4. The highest BCUT2D eigenvalue weighted by Crippen LogP contribution is 2.50. The number of carbonyl (C=O) groups excluding carboxylic acids is 1. The molecule has 3 heterocycles. The predicted octanol–water partition coefficient (Wildman–Crippen LogP) is 3.22. The second kappa shape index (κ2) is 8.75. The van der Waals surface area contributed by atoms with E-state index in [1.807, 2.05) is 42.6 Å². The summed E-state index contributed by atoms with van der Waals surface area (Å²) in [6.45, 7) is 2.92. The second-order valence-corrected chi connectivity index (χ2v) is 9.52. The Balaban J connectivity index is 1.12. The summed E-state index contributed by atoms with van der Waals surface area (Å²) in [6.07, 6.45) is 5.53. The first-order valence-electron chi connectivity index (χ1n) is 12.0. The van der Waals surface area contributed by atoms with Gasteiger partial charge in [-0.25, -0.2) is 4.98 Å². The molecule has 9 nitrogen and oxygen atoms in total. The van der Waals surface area contributed by atoms with Crippen LogP contribution in [0.5, 0.6) is 11.5 Å². The third-order valence-corrected chi connectivity index (χ3v) is 7.10. The molecule has 0 unspecified atom stereocenters. The number of hydrogen-bond acceptors (Lipinski definition) is 6. The van der Waals surface area contributed by atoms with Crippen LogP contribution in [0.15, 0.2) is 59.7 Å². The summed E-state index contributed by atoms with van der Waals surface area (Å²) in [6, 6.07) is 14.0. The lowest BCUT2D eigenvalue weighted by atomic mass is 9.95. The molecule has 0 atom stereocenters. The molecule has 36 heavy (non-hydrogen) atoms. The van der Waals surface area contributed by atoms with Crippen LogP contribution < -0.4 is 25.7 Å². The van der Waals surface area contributed by atoms with E-state index in [-0.39, 0.29) is 36.0 Å². The van der Waals surface area contributed by atoms with Crippen molar-refractivity contribution in [3.05, 3.63) is 82.0 Å². The molecule has 1 saturated carbocycles. The first kappa shape index (κ1) is 22.2. The van der Waals surface area contributed by atoms with Crippen molar-refractivity contribution in [1.29, 1.82) is 0 Å². The molecule has 1 aliphatic carbocycles. The average Bonchev–Trinajstić information content (AvgIpc) is 3.29. The van der Waals surface area contributed by atoms with E-state index in [0.717, 1.165) is 46.4 Å². The van der Waals surface area contributed by atoms with Crippen LogP contribution in [0.2, 0.25) is 0 Å². The number of hydrogen-bond donors (Lipinski definition) is 3. The number of nitrogens with zero attached hydrogens (tertiary/aromatic N) is 2. The number of amides is 1. The number of nitrogens with one attached hydrogen (secondary N) is 3. The van der Waals surface area contributed by atoms with Crippen molar-refractivity contribution in [3.63, 3.8) is 0 Å². The lowest BCUT2D eigenvalue weighted by Crippen LogP contribution is -2.35. The van der Waals surface area contributed by atoms with E-state index in [4.69, 9.17) is 9.47 Å². The molecule has 1 amide bonds. The van der Waals surface area contributed by atoms with E-state index in [2.05, 4.69) is 26.7 Å². The summed E-state index contributed by atoms with van der Waals surface area (Å²) >= 11 is 0. The summed E-state index contributed by atoms with van der Waals surface area (Å²) in [7, 11) is 0. The molecule has 1 aliphatic heterocycles. The maximum Gasteiger partial charge on any atom is 0.293 e. The lowest BCUT2D eigenvalue weighted by Gasteiger charge is -2.18. The van der Waals surface area contributed by atoms with Gasteiger partial charge in [-0.2, -0.15) is 0 Å². The van der Waals surface area contributed by atoms with Gasteiger partial charge >= 0.3 is 0 Å². The van der Waals surface area contributed by atoms with E-state index in [1.54, 1.807) is 13.1 Å². The molecule has 184 valence electrons. The van der Waals surface area contributed by atoms with Gasteiger partial charge < -0.3 is 25.1 Å². The molecule has 9 heteroatoms. The highest BCUT2D eigenvalue weighted by atomic mass is 16.7. The Morgan fingerprint density at radius 3 is 2.86 bits per heavy atom. The van der Waals surface area contributed by atoms with Crippen LogP contribution >= 0.6 is 0 Å². The number of carbonyl (C=O) groups is 1. The number of fused-ring (bicyclic) bond motifs is 2. The standard InChI is InChI=1S/C27H27N5O4/c1-17-12-30-25(31-15-27(7-8-27)20-3-5-22-23(11-20)36-16-35-22)26(34)32(17)14-24(33)29-13-18-2-4-21-19(10-18)6-9-28-21/h2-6,9-12,28H,7-8,13-16H2,1H3,(H,29,33)(H,30,31). The average molecular weight is 486 g/mol. The van der Waals surface area contributed by atoms with Crippen molar-refractivity contribution >= 4 is 22.6 Å². The Labute approximate surface area is 207 Å². The van der Waals surface area contributed by atoms with Crippen molar-refractivity contribution in [1.82, 2.24) is 19.9 Å². The Morgan fingerprint density at radius 1 is 1.14 bits per heavy atom. The number of benzene rings is 2. The molecule has 0 spiro atoms.